The molecule has 0 bridgehead atoms. The summed E-state index contributed by atoms with van der Waals surface area (Å²) in [7, 11) is 0. The molecule has 9 heteroatoms. The van der Waals surface area contributed by atoms with Crippen molar-refractivity contribution in [1.82, 2.24) is 16.2 Å². The van der Waals surface area contributed by atoms with E-state index in [2.05, 4.69) is 16.2 Å². The summed E-state index contributed by atoms with van der Waals surface area (Å²) >= 11 is 0. The summed E-state index contributed by atoms with van der Waals surface area (Å²) in [6.07, 6.45) is 1.67. The average Bonchev–Trinajstić information content (AvgIpc) is 3.25. The van der Waals surface area contributed by atoms with Gasteiger partial charge in [-0.2, -0.15) is 0 Å². The maximum atomic E-state index is 12.5. The van der Waals surface area contributed by atoms with Crippen LogP contribution in [0.1, 0.15) is 24.8 Å². The van der Waals surface area contributed by atoms with E-state index in [1.54, 1.807) is 0 Å². The number of ether oxygens (including phenoxy) is 2. The van der Waals surface area contributed by atoms with Gasteiger partial charge in [-0.25, -0.2) is 5.43 Å². The number of carbonyl (C=O) groups excluding carboxylic acids is 1. The van der Waals surface area contributed by atoms with Crippen molar-refractivity contribution in [2.75, 3.05) is 6.79 Å². The van der Waals surface area contributed by atoms with Crippen molar-refractivity contribution in [2.24, 2.45) is 5.92 Å². The fourth-order valence-corrected chi connectivity index (χ4v) is 3.84. The zero-order valence-corrected chi connectivity index (χ0v) is 13.6. The first kappa shape index (κ1) is 16.1. The third-order valence-electron chi connectivity index (χ3n) is 5.21. The zero-order valence-electron chi connectivity index (χ0n) is 13.6. The van der Waals surface area contributed by atoms with Gasteiger partial charge in [0.05, 0.1) is 0 Å². The summed E-state index contributed by atoms with van der Waals surface area (Å²) in [5.74, 6) is 1.16. The van der Waals surface area contributed by atoms with Crippen LogP contribution in [0.4, 0.5) is 0 Å². The first-order valence-electron chi connectivity index (χ1n) is 8.42. The number of amides is 1. The van der Waals surface area contributed by atoms with E-state index in [9.17, 15) is 14.9 Å². The van der Waals surface area contributed by atoms with Crippen LogP contribution in [0.5, 0.6) is 11.5 Å². The van der Waals surface area contributed by atoms with Crippen LogP contribution in [-0.4, -0.2) is 35.7 Å². The van der Waals surface area contributed by atoms with Crippen LogP contribution in [0, 0.1) is 16.0 Å². The van der Waals surface area contributed by atoms with Gasteiger partial charge in [0, 0.05) is 36.3 Å². The molecule has 134 valence electrons. The Morgan fingerprint density at radius 2 is 2.12 bits per heavy atom. The second-order valence-corrected chi connectivity index (χ2v) is 6.69. The van der Waals surface area contributed by atoms with E-state index in [0.717, 1.165) is 5.56 Å². The first-order valence-corrected chi connectivity index (χ1v) is 8.42. The highest BCUT2D eigenvalue weighted by Crippen LogP contribution is 2.33. The van der Waals surface area contributed by atoms with Gasteiger partial charge in [-0.3, -0.25) is 20.3 Å². The van der Waals surface area contributed by atoms with Crippen molar-refractivity contribution in [3.8, 4) is 11.5 Å². The number of hydrogen-bond donors (Lipinski definition) is 3. The summed E-state index contributed by atoms with van der Waals surface area (Å²) in [5, 5.41) is 14.0. The Balaban J connectivity index is 1.37. The Kier molecular flexibility index (Phi) is 4.18. The number of rotatable bonds is 4. The molecule has 4 unspecified atom stereocenters. The summed E-state index contributed by atoms with van der Waals surface area (Å²) in [6, 6.07) is 4.62. The van der Waals surface area contributed by atoms with Gasteiger partial charge in [-0.1, -0.05) is 6.07 Å². The molecule has 2 aliphatic heterocycles. The van der Waals surface area contributed by atoms with Crippen molar-refractivity contribution in [3.05, 3.63) is 33.9 Å². The summed E-state index contributed by atoms with van der Waals surface area (Å²) in [5.41, 5.74) is 7.03. The number of nitrogens with one attached hydrogen (secondary N) is 3. The SMILES string of the molecule is O=C(NCc1ccc2c(c1)OCO2)C1NNC2CCC([N+](=O)[O-])CC21. The molecule has 25 heavy (non-hydrogen) atoms. The number of hydrogen-bond acceptors (Lipinski definition) is 7. The third-order valence-corrected chi connectivity index (χ3v) is 5.21. The number of nitro groups is 1. The van der Waals surface area contributed by atoms with E-state index in [-0.39, 0.29) is 29.6 Å². The van der Waals surface area contributed by atoms with Crippen molar-refractivity contribution in [2.45, 2.75) is 43.9 Å². The molecule has 1 amide bonds. The highest BCUT2D eigenvalue weighted by molar-refractivity contribution is 5.82. The van der Waals surface area contributed by atoms with Gasteiger partial charge >= 0.3 is 0 Å². The number of fused-ring (bicyclic) bond motifs is 2. The van der Waals surface area contributed by atoms with Crippen molar-refractivity contribution < 1.29 is 19.2 Å². The Hall–Kier alpha value is -2.39. The minimum atomic E-state index is -0.563. The maximum absolute atomic E-state index is 12.5. The normalized spacial score (nSPS) is 29.9. The lowest BCUT2D eigenvalue weighted by atomic mass is 9.79. The van der Waals surface area contributed by atoms with Crippen LogP contribution >= 0.6 is 0 Å². The molecular weight excluding hydrogens is 328 g/mol. The minimum absolute atomic E-state index is 0.0686. The Morgan fingerprint density at radius 3 is 2.96 bits per heavy atom. The molecule has 1 aliphatic carbocycles. The van der Waals surface area contributed by atoms with Gasteiger partial charge in [0.15, 0.2) is 11.5 Å². The fraction of sp³-hybridized carbons (Fsp3) is 0.562. The lowest BCUT2D eigenvalue weighted by Gasteiger charge is -2.28. The van der Waals surface area contributed by atoms with Gasteiger partial charge in [-0.15, -0.1) is 0 Å². The molecule has 0 aromatic heterocycles. The van der Waals surface area contributed by atoms with Crippen LogP contribution in [0.25, 0.3) is 0 Å². The third kappa shape index (κ3) is 3.12. The second-order valence-electron chi connectivity index (χ2n) is 6.69. The van der Waals surface area contributed by atoms with Crippen LogP contribution < -0.4 is 25.6 Å². The van der Waals surface area contributed by atoms with E-state index in [1.807, 2.05) is 18.2 Å². The monoisotopic (exact) mass is 348 g/mol. The molecular formula is C16H20N4O5. The molecule has 0 radical (unpaired) electrons. The van der Waals surface area contributed by atoms with Crippen molar-refractivity contribution >= 4 is 5.91 Å². The second kappa shape index (κ2) is 6.49. The molecule has 3 N–H and O–H groups in total. The Morgan fingerprint density at radius 1 is 1.28 bits per heavy atom. The number of nitrogens with zero attached hydrogens (tertiary/aromatic N) is 1. The largest absolute Gasteiger partial charge is 0.454 e. The van der Waals surface area contributed by atoms with E-state index < -0.39 is 12.1 Å². The first-order chi connectivity index (χ1) is 12.1. The van der Waals surface area contributed by atoms with Crippen LogP contribution in [0.15, 0.2) is 18.2 Å². The van der Waals surface area contributed by atoms with E-state index in [0.29, 0.717) is 37.3 Å². The maximum Gasteiger partial charge on any atom is 0.239 e. The molecule has 1 saturated carbocycles. The van der Waals surface area contributed by atoms with Gasteiger partial charge in [0.25, 0.3) is 0 Å². The highest BCUT2D eigenvalue weighted by Gasteiger charge is 2.46. The number of hydrazine groups is 1. The van der Waals surface area contributed by atoms with Crippen LogP contribution in [-0.2, 0) is 11.3 Å². The number of carbonyl (C=O) groups is 1. The predicted molar refractivity (Wildman–Crippen MR) is 86.4 cm³/mol. The summed E-state index contributed by atoms with van der Waals surface area (Å²) in [6.45, 7) is 0.577. The highest BCUT2D eigenvalue weighted by atomic mass is 16.7. The quantitative estimate of drug-likeness (QED) is 0.530. The van der Waals surface area contributed by atoms with Crippen LogP contribution in [0.3, 0.4) is 0 Å². The molecule has 4 atom stereocenters. The molecule has 2 heterocycles. The fourth-order valence-electron chi connectivity index (χ4n) is 3.84. The van der Waals surface area contributed by atoms with Crippen molar-refractivity contribution in [1.29, 1.82) is 0 Å². The molecule has 0 spiro atoms. The zero-order chi connectivity index (χ0) is 17.4. The molecule has 1 aromatic carbocycles. The smallest absolute Gasteiger partial charge is 0.239 e. The lowest BCUT2D eigenvalue weighted by Crippen LogP contribution is -2.46. The van der Waals surface area contributed by atoms with E-state index >= 15 is 0 Å². The lowest BCUT2D eigenvalue weighted by molar-refractivity contribution is -0.528. The summed E-state index contributed by atoms with van der Waals surface area (Å²) < 4.78 is 10.6. The van der Waals surface area contributed by atoms with Gasteiger partial charge in [0.2, 0.25) is 18.7 Å². The molecule has 9 nitrogen and oxygen atoms in total. The van der Waals surface area contributed by atoms with Gasteiger partial charge < -0.3 is 14.8 Å². The van der Waals surface area contributed by atoms with E-state index in [1.165, 1.54) is 0 Å². The molecule has 3 aliphatic rings. The molecule has 1 saturated heterocycles. The molecule has 4 rings (SSSR count). The topological polar surface area (TPSA) is 115 Å². The summed E-state index contributed by atoms with van der Waals surface area (Å²) in [4.78, 5) is 23.4. The predicted octanol–water partition coefficient (Wildman–Crippen LogP) is 0.322. The van der Waals surface area contributed by atoms with Gasteiger partial charge in [-0.05, 0) is 24.1 Å². The van der Waals surface area contributed by atoms with Gasteiger partial charge in [0.1, 0.15) is 6.04 Å². The van der Waals surface area contributed by atoms with Crippen molar-refractivity contribution in [3.63, 3.8) is 0 Å². The van der Waals surface area contributed by atoms with Crippen LogP contribution in [0.2, 0.25) is 0 Å². The number of benzene rings is 1. The minimum Gasteiger partial charge on any atom is -0.454 e. The standard InChI is InChI=1S/C16H20N4O5/c21-16(17-7-9-1-4-13-14(5-9)25-8-24-13)15-11-6-10(20(22)23)2-3-12(11)18-19-15/h1,4-5,10-12,15,18-19H,2-3,6-8H2,(H,17,21). The Labute approximate surface area is 144 Å². The molecule has 2 fully saturated rings. The molecule has 1 aromatic rings. The Bertz CT molecular complexity index is 697. The van der Waals surface area contributed by atoms with E-state index in [4.69, 9.17) is 9.47 Å². The average molecular weight is 348 g/mol.